The van der Waals surface area contributed by atoms with E-state index in [1.54, 1.807) is 6.92 Å². The number of nitrogens with zero attached hydrogens (tertiary/aromatic N) is 3. The first-order chi connectivity index (χ1) is 13.1. The number of hydrogen-bond acceptors (Lipinski definition) is 2. The van der Waals surface area contributed by atoms with Gasteiger partial charge in [0.1, 0.15) is 12.7 Å². The molecule has 9 heteroatoms. The minimum Gasteiger partial charge on any atom is -0.249 e. The lowest BCUT2D eigenvalue weighted by Crippen LogP contribution is -2.18. The van der Waals surface area contributed by atoms with E-state index < -0.39 is 35.4 Å². The van der Waals surface area contributed by atoms with Crippen LogP contribution in [0.15, 0.2) is 61.2 Å². The van der Waals surface area contributed by atoms with Gasteiger partial charge in [-0.05, 0) is 42.3 Å². The molecule has 1 atom stereocenters. The fourth-order valence-corrected chi connectivity index (χ4v) is 3.09. The molecule has 0 fully saturated rings. The van der Waals surface area contributed by atoms with Crippen molar-refractivity contribution in [2.24, 2.45) is 0 Å². The molecule has 0 bridgehead atoms. The van der Waals surface area contributed by atoms with Gasteiger partial charge in [-0.15, -0.1) is 0 Å². The molecule has 1 heterocycles. The van der Waals surface area contributed by atoms with Crippen LogP contribution in [0, 0.1) is 0 Å². The molecule has 0 aliphatic heterocycles. The van der Waals surface area contributed by atoms with Crippen molar-refractivity contribution in [1.29, 1.82) is 0 Å². The Morgan fingerprint density at radius 2 is 1.18 bits per heavy atom. The predicted octanol–water partition coefficient (Wildman–Crippen LogP) is 5.71. The zero-order valence-electron chi connectivity index (χ0n) is 14.5. The normalized spacial score (nSPS) is 13.7. The minimum absolute atomic E-state index is 0.393. The summed E-state index contributed by atoms with van der Waals surface area (Å²) >= 11 is 0. The van der Waals surface area contributed by atoms with Gasteiger partial charge < -0.3 is 0 Å². The fraction of sp³-hybridized carbons (Fsp3) is 0.263. The van der Waals surface area contributed by atoms with Crippen molar-refractivity contribution >= 4 is 0 Å². The maximum absolute atomic E-state index is 12.9. The average molecular weight is 399 g/mol. The van der Waals surface area contributed by atoms with E-state index >= 15 is 0 Å². The third kappa shape index (κ3) is 4.18. The second-order valence-electron chi connectivity index (χ2n) is 6.33. The number of aromatic nitrogens is 3. The summed E-state index contributed by atoms with van der Waals surface area (Å²) in [4.78, 5) is 3.86. The van der Waals surface area contributed by atoms with Gasteiger partial charge >= 0.3 is 12.4 Å². The molecule has 0 amide bonds. The predicted molar refractivity (Wildman–Crippen MR) is 89.5 cm³/mol. The fourth-order valence-electron chi connectivity index (χ4n) is 3.09. The molecule has 0 spiro atoms. The van der Waals surface area contributed by atoms with Crippen LogP contribution in [0.3, 0.4) is 0 Å². The van der Waals surface area contributed by atoms with Crippen LogP contribution in [0.2, 0.25) is 0 Å². The molecule has 0 radical (unpaired) electrons. The highest BCUT2D eigenvalue weighted by Gasteiger charge is 2.32. The third-order valence-corrected chi connectivity index (χ3v) is 4.53. The van der Waals surface area contributed by atoms with Crippen LogP contribution in [-0.4, -0.2) is 14.8 Å². The molecule has 3 aromatic rings. The van der Waals surface area contributed by atoms with Crippen LogP contribution in [-0.2, 0) is 12.4 Å². The van der Waals surface area contributed by atoms with Crippen molar-refractivity contribution in [3.63, 3.8) is 0 Å². The molecular weight excluding hydrogens is 384 g/mol. The van der Waals surface area contributed by atoms with Crippen molar-refractivity contribution in [3.05, 3.63) is 83.4 Å². The Hall–Kier alpha value is -2.84. The van der Waals surface area contributed by atoms with E-state index in [4.69, 9.17) is 0 Å². The molecule has 3 rings (SSSR count). The Kier molecular flexibility index (Phi) is 5.18. The van der Waals surface area contributed by atoms with E-state index in [-0.39, 0.29) is 0 Å². The highest BCUT2D eigenvalue weighted by molar-refractivity contribution is 5.37. The molecule has 28 heavy (non-hydrogen) atoms. The zero-order valence-corrected chi connectivity index (χ0v) is 14.5. The van der Waals surface area contributed by atoms with Gasteiger partial charge in [-0.25, -0.2) is 9.67 Å². The Morgan fingerprint density at radius 3 is 1.50 bits per heavy atom. The summed E-state index contributed by atoms with van der Waals surface area (Å²) in [7, 11) is 0. The second-order valence-corrected chi connectivity index (χ2v) is 6.33. The minimum atomic E-state index is -4.47. The van der Waals surface area contributed by atoms with Crippen LogP contribution >= 0.6 is 0 Å². The van der Waals surface area contributed by atoms with E-state index in [1.807, 2.05) is 0 Å². The summed E-state index contributed by atoms with van der Waals surface area (Å²) in [6, 6.07) is 8.77. The van der Waals surface area contributed by atoms with Gasteiger partial charge in [0, 0.05) is 5.92 Å². The first-order valence-electron chi connectivity index (χ1n) is 8.26. The SMILES string of the molecule is CC(C(c1ccc(C(F)(F)F)cc1)c1ccc(C(F)(F)F)cc1)n1cncn1. The highest BCUT2D eigenvalue weighted by Crippen LogP contribution is 2.38. The van der Waals surface area contributed by atoms with Gasteiger partial charge in [0.2, 0.25) is 0 Å². The summed E-state index contributed by atoms with van der Waals surface area (Å²) in [6.45, 7) is 1.77. The zero-order chi connectivity index (χ0) is 20.5. The molecule has 0 saturated heterocycles. The Labute approximate surface area is 156 Å². The summed E-state index contributed by atoms with van der Waals surface area (Å²) in [5.41, 5.74) is -0.543. The average Bonchev–Trinajstić information content (AvgIpc) is 3.16. The summed E-state index contributed by atoms with van der Waals surface area (Å²) in [5.74, 6) is -0.522. The van der Waals surface area contributed by atoms with Crippen LogP contribution in [0.4, 0.5) is 26.3 Å². The summed E-state index contributed by atoms with van der Waals surface area (Å²) in [5, 5.41) is 4.05. The maximum Gasteiger partial charge on any atom is 0.416 e. The second kappa shape index (κ2) is 7.29. The molecule has 0 saturated carbocycles. The van der Waals surface area contributed by atoms with Crippen LogP contribution < -0.4 is 0 Å². The van der Waals surface area contributed by atoms with Gasteiger partial charge in [-0.3, -0.25) is 0 Å². The highest BCUT2D eigenvalue weighted by atomic mass is 19.4. The molecule has 0 N–H and O–H groups in total. The van der Waals surface area contributed by atoms with E-state index in [9.17, 15) is 26.3 Å². The lowest BCUT2D eigenvalue weighted by molar-refractivity contribution is -0.138. The van der Waals surface area contributed by atoms with Crippen molar-refractivity contribution in [2.45, 2.75) is 31.2 Å². The van der Waals surface area contributed by atoms with E-state index in [0.29, 0.717) is 11.1 Å². The lowest BCUT2D eigenvalue weighted by Gasteiger charge is -2.26. The molecule has 148 valence electrons. The molecule has 1 unspecified atom stereocenters. The molecule has 0 aliphatic carbocycles. The van der Waals surface area contributed by atoms with Gasteiger partial charge in [0.25, 0.3) is 0 Å². The van der Waals surface area contributed by atoms with Crippen molar-refractivity contribution < 1.29 is 26.3 Å². The third-order valence-electron chi connectivity index (χ3n) is 4.53. The maximum atomic E-state index is 12.9. The number of hydrogen-bond donors (Lipinski definition) is 0. The monoisotopic (exact) mass is 399 g/mol. The van der Waals surface area contributed by atoms with Crippen LogP contribution in [0.25, 0.3) is 0 Å². The van der Waals surface area contributed by atoms with Crippen LogP contribution in [0.1, 0.15) is 41.1 Å². The van der Waals surface area contributed by atoms with Gasteiger partial charge in [0.05, 0.1) is 17.2 Å². The van der Waals surface area contributed by atoms with Crippen molar-refractivity contribution in [2.75, 3.05) is 0 Å². The Bertz CT molecular complexity index is 839. The summed E-state index contributed by atoms with van der Waals surface area (Å²) < 4.78 is 78.6. The smallest absolute Gasteiger partial charge is 0.249 e. The lowest BCUT2D eigenvalue weighted by atomic mass is 9.85. The first kappa shape index (κ1) is 19.9. The number of halogens is 6. The molecule has 2 aromatic carbocycles. The van der Waals surface area contributed by atoms with E-state index in [1.165, 1.54) is 41.6 Å². The van der Waals surface area contributed by atoms with Crippen LogP contribution in [0.5, 0.6) is 0 Å². The molecule has 3 nitrogen and oxygen atoms in total. The van der Waals surface area contributed by atoms with Gasteiger partial charge in [-0.2, -0.15) is 31.4 Å². The van der Waals surface area contributed by atoms with Gasteiger partial charge in [-0.1, -0.05) is 24.3 Å². The Balaban J connectivity index is 2.03. The number of alkyl halides is 6. The molecular formula is C19H15F6N3. The van der Waals surface area contributed by atoms with Crippen molar-refractivity contribution in [1.82, 2.24) is 14.8 Å². The van der Waals surface area contributed by atoms with E-state index in [2.05, 4.69) is 10.1 Å². The quantitative estimate of drug-likeness (QED) is 0.526. The summed E-state index contributed by atoms with van der Waals surface area (Å²) in [6.07, 6.45) is -6.18. The largest absolute Gasteiger partial charge is 0.416 e. The van der Waals surface area contributed by atoms with E-state index in [0.717, 1.165) is 24.3 Å². The topological polar surface area (TPSA) is 30.7 Å². The number of benzene rings is 2. The molecule has 1 aromatic heterocycles. The standard InChI is InChI=1S/C19H15F6N3/c1-12(28-11-26-10-27-28)17(13-2-6-15(7-3-13)18(20,21)22)14-4-8-16(9-5-14)19(23,24)25/h2-12,17H,1H3. The first-order valence-corrected chi connectivity index (χ1v) is 8.26. The Morgan fingerprint density at radius 1 is 0.750 bits per heavy atom. The molecule has 0 aliphatic rings. The van der Waals surface area contributed by atoms with Crippen molar-refractivity contribution in [3.8, 4) is 0 Å². The van der Waals surface area contributed by atoms with Gasteiger partial charge in [0.15, 0.2) is 0 Å². The number of rotatable bonds is 4.